The largest absolute Gasteiger partial charge is 0.478 e. The Labute approximate surface area is 128 Å². The van der Waals surface area contributed by atoms with E-state index >= 15 is 0 Å². The molecule has 5 heteroatoms. The second-order valence-electron chi connectivity index (χ2n) is 5.58. The van der Waals surface area contributed by atoms with Crippen LogP contribution in [0.1, 0.15) is 27.2 Å². The highest BCUT2D eigenvalue weighted by molar-refractivity contribution is 5.89. The van der Waals surface area contributed by atoms with Crippen LogP contribution in [0, 0.1) is 6.92 Å². The molecule has 0 unspecified atom stereocenters. The second kappa shape index (κ2) is 5.67. The third-order valence-electron chi connectivity index (χ3n) is 4.26. The molecule has 22 heavy (non-hydrogen) atoms. The number of fused-ring (bicyclic) bond motifs is 1. The van der Waals surface area contributed by atoms with Gasteiger partial charge in [-0.2, -0.15) is 0 Å². The number of carbonyl (C=O) groups excluding carboxylic acids is 1. The minimum atomic E-state index is -0.962. The number of carboxylic acids is 1. The molecule has 2 heterocycles. The number of hydrogen-bond donors (Lipinski definition) is 1. The van der Waals surface area contributed by atoms with Gasteiger partial charge in [-0.1, -0.05) is 24.3 Å². The van der Waals surface area contributed by atoms with Crippen molar-refractivity contribution in [2.75, 3.05) is 6.54 Å². The van der Waals surface area contributed by atoms with E-state index < -0.39 is 5.97 Å². The molecule has 0 radical (unpaired) electrons. The summed E-state index contributed by atoms with van der Waals surface area (Å²) in [5, 5.41) is 9.06. The Morgan fingerprint density at radius 3 is 2.59 bits per heavy atom. The van der Waals surface area contributed by atoms with Crippen LogP contribution in [0.3, 0.4) is 0 Å². The zero-order chi connectivity index (χ0) is 15.7. The molecule has 0 saturated carbocycles. The smallest absolute Gasteiger partial charge is 0.337 e. The van der Waals surface area contributed by atoms with E-state index in [2.05, 4.69) is 12.1 Å². The summed E-state index contributed by atoms with van der Waals surface area (Å²) in [4.78, 5) is 25.4. The quantitative estimate of drug-likeness (QED) is 0.943. The van der Waals surface area contributed by atoms with Crippen molar-refractivity contribution < 1.29 is 14.7 Å². The van der Waals surface area contributed by atoms with Crippen LogP contribution in [0.2, 0.25) is 0 Å². The average Bonchev–Trinajstić information content (AvgIpc) is 2.88. The molecule has 1 amide bonds. The lowest BCUT2D eigenvalue weighted by Crippen LogP contribution is -2.38. The Bertz CT molecular complexity index is 733. The summed E-state index contributed by atoms with van der Waals surface area (Å²) in [6, 6.07) is 9.70. The molecule has 0 spiro atoms. The lowest BCUT2D eigenvalue weighted by Gasteiger charge is -2.29. The summed E-state index contributed by atoms with van der Waals surface area (Å²) in [5.41, 5.74) is 3.35. The second-order valence-corrected chi connectivity index (χ2v) is 5.58. The third-order valence-corrected chi connectivity index (χ3v) is 4.26. The lowest BCUT2D eigenvalue weighted by molar-refractivity contribution is -0.132. The van der Waals surface area contributed by atoms with E-state index in [1.165, 1.54) is 17.2 Å². The normalized spacial score (nSPS) is 13.8. The molecule has 0 saturated heterocycles. The highest BCUT2D eigenvalue weighted by atomic mass is 16.4. The SMILES string of the molecule is Cc1c(C(=O)O)ccn1CC(=O)N1CCc2ccccc2C1. The number of rotatable bonds is 3. The average molecular weight is 298 g/mol. The number of carboxylic acid groups (broad SMARTS) is 1. The summed E-state index contributed by atoms with van der Waals surface area (Å²) in [6.07, 6.45) is 2.53. The number of aromatic carboxylic acids is 1. The van der Waals surface area contributed by atoms with Crippen LogP contribution in [0.4, 0.5) is 0 Å². The van der Waals surface area contributed by atoms with E-state index in [0.29, 0.717) is 18.8 Å². The Morgan fingerprint density at radius 2 is 1.91 bits per heavy atom. The summed E-state index contributed by atoms with van der Waals surface area (Å²) in [6.45, 7) is 3.24. The first-order valence-corrected chi connectivity index (χ1v) is 7.30. The van der Waals surface area contributed by atoms with Gasteiger partial charge in [0.15, 0.2) is 0 Å². The molecule has 1 aliphatic heterocycles. The maximum absolute atomic E-state index is 12.5. The lowest BCUT2D eigenvalue weighted by atomic mass is 10.00. The molecule has 1 aromatic carbocycles. The van der Waals surface area contributed by atoms with Crippen molar-refractivity contribution >= 4 is 11.9 Å². The maximum Gasteiger partial charge on any atom is 0.337 e. The Balaban J connectivity index is 1.72. The van der Waals surface area contributed by atoms with Crippen molar-refractivity contribution in [2.45, 2.75) is 26.4 Å². The number of hydrogen-bond acceptors (Lipinski definition) is 2. The van der Waals surface area contributed by atoms with Crippen molar-refractivity contribution in [1.82, 2.24) is 9.47 Å². The highest BCUT2D eigenvalue weighted by Gasteiger charge is 2.21. The van der Waals surface area contributed by atoms with E-state index in [9.17, 15) is 9.59 Å². The van der Waals surface area contributed by atoms with Gasteiger partial charge in [-0.3, -0.25) is 4.79 Å². The summed E-state index contributed by atoms with van der Waals surface area (Å²) < 4.78 is 1.70. The van der Waals surface area contributed by atoms with Crippen molar-refractivity contribution in [1.29, 1.82) is 0 Å². The van der Waals surface area contributed by atoms with E-state index in [0.717, 1.165) is 6.42 Å². The third kappa shape index (κ3) is 2.62. The van der Waals surface area contributed by atoms with Gasteiger partial charge in [0.1, 0.15) is 6.54 Å². The number of carbonyl (C=O) groups is 2. The summed E-state index contributed by atoms with van der Waals surface area (Å²) in [7, 11) is 0. The molecule has 0 atom stereocenters. The first-order chi connectivity index (χ1) is 10.6. The van der Waals surface area contributed by atoms with Gasteiger partial charge in [-0.05, 0) is 30.5 Å². The summed E-state index contributed by atoms with van der Waals surface area (Å²) in [5.74, 6) is -0.944. The van der Waals surface area contributed by atoms with Gasteiger partial charge in [0.2, 0.25) is 5.91 Å². The predicted molar refractivity (Wildman–Crippen MR) is 81.7 cm³/mol. The van der Waals surface area contributed by atoms with Crippen LogP contribution < -0.4 is 0 Å². The molecule has 1 aromatic heterocycles. The monoisotopic (exact) mass is 298 g/mol. The van der Waals surface area contributed by atoms with E-state index in [1.807, 2.05) is 17.0 Å². The van der Waals surface area contributed by atoms with Crippen LogP contribution in [0.5, 0.6) is 0 Å². The zero-order valence-electron chi connectivity index (χ0n) is 12.5. The standard InChI is InChI=1S/C17H18N2O3/c1-12-15(17(21)22)7-9-18(12)11-16(20)19-8-6-13-4-2-3-5-14(13)10-19/h2-5,7,9H,6,8,10-11H2,1H3,(H,21,22). The van der Waals surface area contributed by atoms with Gasteiger partial charge in [0, 0.05) is 25.0 Å². The zero-order valence-corrected chi connectivity index (χ0v) is 12.5. The highest BCUT2D eigenvalue weighted by Crippen LogP contribution is 2.19. The van der Waals surface area contributed by atoms with Crippen molar-refractivity contribution in [3.63, 3.8) is 0 Å². The van der Waals surface area contributed by atoms with Crippen LogP contribution in [-0.2, 0) is 24.3 Å². The first kappa shape index (κ1) is 14.4. The first-order valence-electron chi connectivity index (χ1n) is 7.30. The predicted octanol–water partition coefficient (Wildman–Crippen LogP) is 2.08. The van der Waals surface area contributed by atoms with Gasteiger partial charge in [0.05, 0.1) is 5.56 Å². The van der Waals surface area contributed by atoms with Crippen molar-refractivity contribution in [3.05, 3.63) is 58.9 Å². The number of nitrogens with zero attached hydrogens (tertiary/aromatic N) is 2. The van der Waals surface area contributed by atoms with Crippen LogP contribution in [0.15, 0.2) is 36.5 Å². The van der Waals surface area contributed by atoms with E-state index in [4.69, 9.17) is 5.11 Å². The molecule has 0 aliphatic carbocycles. The number of benzene rings is 1. The van der Waals surface area contributed by atoms with E-state index in [1.54, 1.807) is 17.7 Å². The maximum atomic E-state index is 12.5. The molecule has 1 aliphatic rings. The van der Waals surface area contributed by atoms with Gasteiger partial charge < -0.3 is 14.6 Å². The van der Waals surface area contributed by atoms with Crippen molar-refractivity contribution in [3.8, 4) is 0 Å². The minimum absolute atomic E-state index is 0.0186. The van der Waals surface area contributed by atoms with Gasteiger partial charge in [-0.15, -0.1) is 0 Å². The molecular formula is C17H18N2O3. The summed E-state index contributed by atoms with van der Waals surface area (Å²) >= 11 is 0. The molecule has 0 fully saturated rings. The fraction of sp³-hybridized carbons (Fsp3) is 0.294. The number of amides is 1. The van der Waals surface area contributed by atoms with Crippen LogP contribution in [0.25, 0.3) is 0 Å². The van der Waals surface area contributed by atoms with Crippen molar-refractivity contribution in [2.24, 2.45) is 0 Å². The molecular weight excluding hydrogens is 280 g/mol. The molecule has 1 N–H and O–H groups in total. The fourth-order valence-corrected chi connectivity index (χ4v) is 2.90. The molecule has 0 bridgehead atoms. The molecule has 114 valence electrons. The van der Waals surface area contributed by atoms with E-state index in [-0.39, 0.29) is 18.0 Å². The molecule has 3 rings (SSSR count). The molecule has 5 nitrogen and oxygen atoms in total. The molecule has 2 aromatic rings. The van der Waals surface area contributed by atoms with Crippen LogP contribution in [-0.4, -0.2) is 33.0 Å². The van der Waals surface area contributed by atoms with Gasteiger partial charge >= 0.3 is 5.97 Å². The van der Waals surface area contributed by atoms with Gasteiger partial charge in [0.25, 0.3) is 0 Å². The van der Waals surface area contributed by atoms with Crippen LogP contribution >= 0.6 is 0 Å². The van der Waals surface area contributed by atoms with Gasteiger partial charge in [-0.25, -0.2) is 4.79 Å². The Morgan fingerprint density at radius 1 is 1.18 bits per heavy atom. The Hall–Kier alpha value is -2.56. The Kier molecular flexibility index (Phi) is 3.71. The fourth-order valence-electron chi connectivity index (χ4n) is 2.90. The number of aromatic nitrogens is 1. The topological polar surface area (TPSA) is 62.5 Å². The minimum Gasteiger partial charge on any atom is -0.478 e.